The number of carbonyl (C=O) groups excluding carboxylic acids is 1. The molecule has 0 bridgehead atoms. The third-order valence-corrected chi connectivity index (χ3v) is 4.03. The Morgan fingerprint density at radius 3 is 2.40 bits per heavy atom. The zero-order chi connectivity index (χ0) is 15.3. The summed E-state index contributed by atoms with van der Waals surface area (Å²) in [4.78, 5) is 16.7. The first-order chi connectivity index (χ1) is 9.31. The first-order valence-electron chi connectivity index (χ1n) is 6.70. The van der Waals surface area contributed by atoms with E-state index in [2.05, 4.69) is 50.6 Å². The second kappa shape index (κ2) is 8.15. The van der Waals surface area contributed by atoms with E-state index in [9.17, 15) is 4.79 Å². The number of rotatable bonds is 6. The van der Waals surface area contributed by atoms with Crippen molar-refractivity contribution in [2.45, 2.75) is 13.8 Å². The van der Waals surface area contributed by atoms with Crippen molar-refractivity contribution < 1.29 is 4.79 Å². The lowest BCUT2D eigenvalue weighted by molar-refractivity contribution is 0.0723. The van der Waals surface area contributed by atoms with E-state index in [0.717, 1.165) is 28.6 Å². The predicted molar refractivity (Wildman–Crippen MR) is 91.1 cm³/mol. The van der Waals surface area contributed by atoms with Gasteiger partial charge in [0.2, 0.25) is 0 Å². The van der Waals surface area contributed by atoms with Crippen LogP contribution < -0.4 is 0 Å². The van der Waals surface area contributed by atoms with Gasteiger partial charge in [0.05, 0.1) is 5.56 Å². The van der Waals surface area contributed by atoms with Crippen LogP contribution in [0.3, 0.4) is 0 Å². The van der Waals surface area contributed by atoms with E-state index in [0.29, 0.717) is 11.5 Å². The van der Waals surface area contributed by atoms with Crippen molar-refractivity contribution in [1.82, 2.24) is 9.80 Å². The Bertz CT molecular complexity index is 461. The molecule has 1 amide bonds. The highest BCUT2D eigenvalue weighted by Crippen LogP contribution is 2.23. The summed E-state index contributed by atoms with van der Waals surface area (Å²) < 4.78 is 1.76. The van der Waals surface area contributed by atoms with E-state index in [-0.39, 0.29) is 5.91 Å². The lowest BCUT2D eigenvalue weighted by Gasteiger charge is -2.26. The minimum absolute atomic E-state index is 0.0775. The van der Waals surface area contributed by atoms with Gasteiger partial charge >= 0.3 is 0 Å². The summed E-state index contributed by atoms with van der Waals surface area (Å²) in [7, 11) is 4.04. The molecule has 1 aromatic rings. The first kappa shape index (κ1) is 17.7. The maximum Gasteiger partial charge on any atom is 0.255 e. The summed E-state index contributed by atoms with van der Waals surface area (Å²) in [5, 5.41) is 0. The zero-order valence-electron chi connectivity index (χ0n) is 12.5. The summed E-state index contributed by atoms with van der Waals surface area (Å²) >= 11 is 6.89. The van der Waals surface area contributed by atoms with Crippen LogP contribution in [0.1, 0.15) is 24.2 Å². The van der Waals surface area contributed by atoms with Crippen molar-refractivity contribution in [3.8, 4) is 0 Å². The van der Waals surface area contributed by atoms with Crippen molar-refractivity contribution in [2.24, 2.45) is 5.92 Å². The average molecular weight is 406 g/mol. The second-order valence-electron chi connectivity index (χ2n) is 5.57. The molecule has 0 fully saturated rings. The number of nitrogens with zero attached hydrogens (tertiary/aromatic N) is 2. The van der Waals surface area contributed by atoms with Crippen LogP contribution in [0.2, 0.25) is 0 Å². The molecule has 0 spiro atoms. The van der Waals surface area contributed by atoms with Gasteiger partial charge in [0.1, 0.15) is 0 Å². The lowest BCUT2D eigenvalue weighted by Crippen LogP contribution is -2.39. The van der Waals surface area contributed by atoms with Crippen molar-refractivity contribution in [3.05, 3.63) is 32.7 Å². The summed E-state index contributed by atoms with van der Waals surface area (Å²) in [6.07, 6.45) is 0. The molecule has 1 aromatic carbocycles. The van der Waals surface area contributed by atoms with Crippen LogP contribution in [-0.4, -0.2) is 49.4 Å². The molecule has 112 valence electrons. The molecule has 1 rings (SSSR count). The molecule has 20 heavy (non-hydrogen) atoms. The van der Waals surface area contributed by atoms with Crippen molar-refractivity contribution in [3.63, 3.8) is 0 Å². The second-order valence-corrected chi connectivity index (χ2v) is 7.34. The standard InChI is InChI=1S/C15H22Br2N2O/c1-11(2)10-19(8-7-18(3)4)15(20)13-9-12(16)5-6-14(13)17/h5-6,9,11H,7-8,10H2,1-4H3. The van der Waals surface area contributed by atoms with Crippen LogP contribution in [-0.2, 0) is 0 Å². The van der Waals surface area contributed by atoms with Crippen LogP contribution in [0, 0.1) is 5.92 Å². The Hall–Kier alpha value is -0.390. The van der Waals surface area contributed by atoms with Gasteiger partial charge in [0, 0.05) is 28.6 Å². The molecule has 0 saturated heterocycles. The predicted octanol–water partition coefficient (Wildman–Crippen LogP) is 3.87. The molecule has 0 saturated carbocycles. The number of hydrogen-bond acceptors (Lipinski definition) is 2. The fourth-order valence-corrected chi connectivity index (χ4v) is 2.65. The highest BCUT2D eigenvalue weighted by Gasteiger charge is 2.19. The van der Waals surface area contributed by atoms with Gasteiger partial charge in [-0.2, -0.15) is 0 Å². The van der Waals surface area contributed by atoms with Crippen molar-refractivity contribution in [2.75, 3.05) is 33.7 Å². The summed E-state index contributed by atoms with van der Waals surface area (Å²) in [5.41, 5.74) is 0.707. The molecule has 0 aliphatic rings. The van der Waals surface area contributed by atoms with E-state index >= 15 is 0 Å². The number of amides is 1. The Kier molecular flexibility index (Phi) is 7.20. The van der Waals surface area contributed by atoms with Gasteiger partial charge in [-0.05, 0) is 54.1 Å². The lowest BCUT2D eigenvalue weighted by atomic mass is 10.1. The fraction of sp³-hybridized carbons (Fsp3) is 0.533. The topological polar surface area (TPSA) is 23.6 Å². The summed E-state index contributed by atoms with van der Waals surface area (Å²) in [6.45, 7) is 6.64. The average Bonchev–Trinajstić information content (AvgIpc) is 2.36. The van der Waals surface area contributed by atoms with Crippen molar-refractivity contribution in [1.29, 1.82) is 0 Å². The molecule has 0 unspecified atom stereocenters. The molecule has 0 N–H and O–H groups in total. The largest absolute Gasteiger partial charge is 0.337 e. The van der Waals surface area contributed by atoms with Crippen molar-refractivity contribution >= 4 is 37.8 Å². The molecular weight excluding hydrogens is 384 g/mol. The van der Waals surface area contributed by atoms with Gasteiger partial charge < -0.3 is 9.80 Å². The maximum absolute atomic E-state index is 12.7. The number of carbonyl (C=O) groups is 1. The van der Waals surface area contributed by atoms with E-state index in [1.807, 2.05) is 37.2 Å². The van der Waals surface area contributed by atoms with Gasteiger partial charge in [-0.1, -0.05) is 29.8 Å². The molecule has 0 radical (unpaired) electrons. The first-order valence-corrected chi connectivity index (χ1v) is 8.29. The molecule has 0 aromatic heterocycles. The van der Waals surface area contributed by atoms with E-state index in [4.69, 9.17) is 0 Å². The Labute approximate surface area is 138 Å². The van der Waals surface area contributed by atoms with Crippen LogP contribution in [0.4, 0.5) is 0 Å². The Morgan fingerprint density at radius 1 is 1.20 bits per heavy atom. The Morgan fingerprint density at radius 2 is 1.85 bits per heavy atom. The quantitative estimate of drug-likeness (QED) is 0.717. The normalized spacial score (nSPS) is 11.2. The summed E-state index contributed by atoms with van der Waals surface area (Å²) in [6, 6.07) is 5.69. The maximum atomic E-state index is 12.7. The van der Waals surface area contributed by atoms with Gasteiger partial charge in [0.25, 0.3) is 5.91 Å². The number of halogens is 2. The van der Waals surface area contributed by atoms with Crippen LogP contribution in [0.15, 0.2) is 27.1 Å². The van der Waals surface area contributed by atoms with Gasteiger partial charge in [-0.3, -0.25) is 4.79 Å². The number of hydrogen-bond donors (Lipinski definition) is 0. The highest BCUT2D eigenvalue weighted by atomic mass is 79.9. The SMILES string of the molecule is CC(C)CN(CCN(C)C)C(=O)c1cc(Br)ccc1Br. The van der Waals surface area contributed by atoms with Gasteiger partial charge in [-0.15, -0.1) is 0 Å². The zero-order valence-corrected chi connectivity index (χ0v) is 15.7. The number of benzene rings is 1. The smallest absolute Gasteiger partial charge is 0.255 e. The molecular formula is C15H22Br2N2O. The van der Waals surface area contributed by atoms with Gasteiger partial charge in [0.15, 0.2) is 0 Å². The van der Waals surface area contributed by atoms with E-state index < -0.39 is 0 Å². The fourth-order valence-electron chi connectivity index (χ4n) is 1.87. The van der Waals surface area contributed by atoms with E-state index in [1.54, 1.807) is 0 Å². The molecule has 0 aliphatic heterocycles. The summed E-state index contributed by atoms with van der Waals surface area (Å²) in [5.74, 6) is 0.528. The molecule has 0 atom stereocenters. The highest BCUT2D eigenvalue weighted by molar-refractivity contribution is 9.11. The van der Waals surface area contributed by atoms with Crippen LogP contribution in [0.5, 0.6) is 0 Å². The van der Waals surface area contributed by atoms with Crippen LogP contribution >= 0.6 is 31.9 Å². The van der Waals surface area contributed by atoms with Crippen LogP contribution in [0.25, 0.3) is 0 Å². The molecule has 0 aliphatic carbocycles. The molecule has 3 nitrogen and oxygen atoms in total. The third kappa shape index (κ3) is 5.54. The third-order valence-electron chi connectivity index (χ3n) is 2.85. The minimum atomic E-state index is 0.0775. The minimum Gasteiger partial charge on any atom is -0.337 e. The molecule has 5 heteroatoms. The van der Waals surface area contributed by atoms with Gasteiger partial charge in [-0.25, -0.2) is 0 Å². The molecule has 0 heterocycles. The Balaban J connectivity index is 2.93. The monoisotopic (exact) mass is 404 g/mol. The number of likely N-dealkylation sites (N-methyl/N-ethyl adjacent to an activating group) is 1. The van der Waals surface area contributed by atoms with E-state index in [1.165, 1.54) is 0 Å².